The Morgan fingerprint density at radius 2 is 2.06 bits per heavy atom. The molecule has 0 bridgehead atoms. The Kier molecular flexibility index (Phi) is 3.73. The van der Waals surface area contributed by atoms with Crippen LogP contribution in [-0.2, 0) is 11.3 Å². The second-order valence-electron chi connectivity index (χ2n) is 3.38. The molecule has 1 aromatic heterocycles. The highest BCUT2D eigenvalue weighted by atomic mass is 32.1. The molecule has 2 rings (SSSR count). The van der Waals surface area contributed by atoms with Gasteiger partial charge in [0.1, 0.15) is 6.61 Å². The number of esters is 1. The number of methoxy groups -OCH3 is 1. The van der Waals surface area contributed by atoms with Crippen LogP contribution in [0.5, 0.6) is 5.19 Å². The molecule has 0 saturated carbocycles. The Balaban J connectivity index is 1.96. The molecular weight excluding hydrogens is 254 g/mol. The van der Waals surface area contributed by atoms with Crippen LogP contribution in [0.2, 0.25) is 0 Å². The first-order valence-electron chi connectivity index (χ1n) is 5.08. The number of nitrogens with two attached hydrogens (primary N) is 1. The number of rotatable bonds is 4. The van der Waals surface area contributed by atoms with Crippen LogP contribution in [-0.4, -0.2) is 23.3 Å². The topological polar surface area (TPSA) is 87.3 Å². The second kappa shape index (κ2) is 5.46. The van der Waals surface area contributed by atoms with Crippen LogP contribution < -0.4 is 10.5 Å². The fourth-order valence-electron chi connectivity index (χ4n) is 1.28. The van der Waals surface area contributed by atoms with Crippen LogP contribution in [0.15, 0.2) is 24.3 Å². The summed E-state index contributed by atoms with van der Waals surface area (Å²) in [4.78, 5) is 11.2. The van der Waals surface area contributed by atoms with Gasteiger partial charge in [0, 0.05) is 0 Å². The van der Waals surface area contributed by atoms with E-state index < -0.39 is 0 Å². The van der Waals surface area contributed by atoms with E-state index in [9.17, 15) is 4.79 Å². The van der Waals surface area contributed by atoms with E-state index in [1.165, 1.54) is 18.4 Å². The first-order chi connectivity index (χ1) is 8.69. The lowest BCUT2D eigenvalue weighted by molar-refractivity contribution is 0.0600. The quantitative estimate of drug-likeness (QED) is 0.843. The third-order valence-corrected chi connectivity index (χ3v) is 2.82. The van der Waals surface area contributed by atoms with Crippen molar-refractivity contribution in [2.24, 2.45) is 0 Å². The summed E-state index contributed by atoms with van der Waals surface area (Å²) in [6.07, 6.45) is 0. The SMILES string of the molecule is COC(=O)c1ccc(COc2nnc(N)s2)cc1. The molecule has 0 aliphatic heterocycles. The van der Waals surface area contributed by atoms with E-state index in [4.69, 9.17) is 10.5 Å². The lowest BCUT2D eigenvalue weighted by Gasteiger charge is -2.03. The van der Waals surface area contributed by atoms with Crippen LogP contribution in [0.3, 0.4) is 0 Å². The van der Waals surface area contributed by atoms with Crippen LogP contribution in [0.4, 0.5) is 5.13 Å². The number of hydrogen-bond acceptors (Lipinski definition) is 7. The van der Waals surface area contributed by atoms with Gasteiger partial charge in [-0.15, -0.1) is 5.10 Å². The average Bonchev–Trinajstić information content (AvgIpc) is 2.82. The Morgan fingerprint density at radius 1 is 1.33 bits per heavy atom. The minimum absolute atomic E-state index is 0.343. The fraction of sp³-hybridized carbons (Fsp3) is 0.182. The smallest absolute Gasteiger partial charge is 0.337 e. The van der Waals surface area contributed by atoms with Crippen molar-refractivity contribution in [3.8, 4) is 5.19 Å². The van der Waals surface area contributed by atoms with Gasteiger partial charge in [0.05, 0.1) is 12.7 Å². The Hall–Kier alpha value is -2.15. The number of carbonyl (C=O) groups is 1. The molecule has 18 heavy (non-hydrogen) atoms. The predicted molar refractivity (Wildman–Crippen MR) is 66.4 cm³/mol. The normalized spacial score (nSPS) is 10.1. The van der Waals surface area contributed by atoms with Gasteiger partial charge in [-0.2, -0.15) is 0 Å². The van der Waals surface area contributed by atoms with E-state index in [0.717, 1.165) is 5.56 Å². The Bertz CT molecular complexity index is 539. The van der Waals surface area contributed by atoms with E-state index in [1.807, 2.05) is 0 Å². The van der Waals surface area contributed by atoms with Crippen molar-refractivity contribution in [1.82, 2.24) is 10.2 Å². The molecule has 1 aromatic carbocycles. The van der Waals surface area contributed by atoms with Crippen molar-refractivity contribution in [2.45, 2.75) is 6.61 Å². The van der Waals surface area contributed by atoms with Gasteiger partial charge in [-0.1, -0.05) is 17.2 Å². The van der Waals surface area contributed by atoms with Crippen molar-refractivity contribution in [3.63, 3.8) is 0 Å². The number of ether oxygens (including phenoxy) is 2. The zero-order valence-corrected chi connectivity index (χ0v) is 10.4. The van der Waals surface area contributed by atoms with Crippen molar-refractivity contribution >= 4 is 22.4 Å². The van der Waals surface area contributed by atoms with Crippen LogP contribution in [0.1, 0.15) is 15.9 Å². The highest BCUT2D eigenvalue weighted by Crippen LogP contribution is 2.20. The lowest BCUT2D eigenvalue weighted by atomic mass is 10.1. The molecule has 0 amide bonds. The van der Waals surface area contributed by atoms with Gasteiger partial charge in [-0.3, -0.25) is 0 Å². The number of aromatic nitrogens is 2. The molecule has 2 aromatic rings. The molecule has 0 aliphatic carbocycles. The number of nitrogen functional groups attached to an aromatic ring is 1. The third-order valence-electron chi connectivity index (χ3n) is 2.16. The molecule has 0 aliphatic rings. The summed E-state index contributed by atoms with van der Waals surface area (Å²) in [5.74, 6) is -0.362. The number of anilines is 1. The number of hydrogen-bond donors (Lipinski definition) is 1. The second-order valence-corrected chi connectivity index (χ2v) is 4.36. The summed E-state index contributed by atoms with van der Waals surface area (Å²) in [7, 11) is 1.35. The largest absolute Gasteiger partial charge is 0.465 e. The summed E-state index contributed by atoms with van der Waals surface area (Å²) in [6, 6.07) is 6.94. The highest BCUT2D eigenvalue weighted by Gasteiger charge is 2.05. The van der Waals surface area contributed by atoms with Crippen molar-refractivity contribution in [2.75, 3.05) is 12.8 Å². The molecule has 1 heterocycles. The third kappa shape index (κ3) is 2.95. The summed E-state index contributed by atoms with van der Waals surface area (Å²) < 4.78 is 10.00. The summed E-state index contributed by atoms with van der Waals surface area (Å²) in [5.41, 5.74) is 6.84. The first-order valence-corrected chi connectivity index (χ1v) is 5.89. The molecule has 0 radical (unpaired) electrons. The molecule has 0 saturated heterocycles. The molecule has 0 unspecified atom stereocenters. The van der Waals surface area contributed by atoms with E-state index in [2.05, 4.69) is 14.9 Å². The molecule has 0 fully saturated rings. The number of nitrogens with zero attached hydrogens (tertiary/aromatic N) is 2. The van der Waals surface area contributed by atoms with Crippen LogP contribution in [0, 0.1) is 0 Å². The standard InChI is InChI=1S/C11H11N3O3S/c1-16-9(15)8-4-2-7(3-5-8)6-17-11-14-13-10(12)18-11/h2-5H,6H2,1H3,(H2,12,13). The van der Waals surface area contributed by atoms with Gasteiger partial charge in [0.15, 0.2) is 0 Å². The van der Waals surface area contributed by atoms with Crippen molar-refractivity contribution in [3.05, 3.63) is 35.4 Å². The van der Waals surface area contributed by atoms with Gasteiger partial charge in [0.25, 0.3) is 5.19 Å². The molecule has 94 valence electrons. The van der Waals surface area contributed by atoms with Gasteiger partial charge in [-0.25, -0.2) is 4.79 Å². The fourth-order valence-corrected chi connectivity index (χ4v) is 1.74. The van der Waals surface area contributed by atoms with Crippen molar-refractivity contribution < 1.29 is 14.3 Å². The van der Waals surface area contributed by atoms with Crippen LogP contribution >= 0.6 is 11.3 Å². The van der Waals surface area contributed by atoms with E-state index in [1.54, 1.807) is 24.3 Å². The average molecular weight is 265 g/mol. The van der Waals surface area contributed by atoms with Crippen molar-refractivity contribution in [1.29, 1.82) is 0 Å². The molecule has 0 spiro atoms. The highest BCUT2D eigenvalue weighted by molar-refractivity contribution is 7.16. The zero-order chi connectivity index (χ0) is 13.0. The van der Waals surface area contributed by atoms with Gasteiger partial charge in [-0.05, 0) is 29.0 Å². The Morgan fingerprint density at radius 3 is 2.61 bits per heavy atom. The van der Waals surface area contributed by atoms with Gasteiger partial charge < -0.3 is 15.2 Å². The predicted octanol–water partition coefficient (Wildman–Crippen LogP) is 1.49. The lowest BCUT2D eigenvalue weighted by Crippen LogP contribution is -2.01. The monoisotopic (exact) mass is 265 g/mol. The van der Waals surface area contributed by atoms with E-state index in [-0.39, 0.29) is 5.97 Å². The minimum Gasteiger partial charge on any atom is -0.465 e. The maximum absolute atomic E-state index is 11.2. The number of benzene rings is 1. The Labute approximate surface area is 107 Å². The summed E-state index contributed by atoms with van der Waals surface area (Å²) >= 11 is 1.18. The molecular formula is C11H11N3O3S. The van der Waals surface area contributed by atoms with E-state index >= 15 is 0 Å². The van der Waals surface area contributed by atoms with Gasteiger partial charge >= 0.3 is 5.97 Å². The molecule has 0 atom stereocenters. The maximum atomic E-state index is 11.2. The van der Waals surface area contributed by atoms with Gasteiger partial charge in [0.2, 0.25) is 5.13 Å². The maximum Gasteiger partial charge on any atom is 0.337 e. The molecule has 7 heteroatoms. The number of carbonyl (C=O) groups excluding carboxylic acids is 1. The first kappa shape index (κ1) is 12.3. The zero-order valence-electron chi connectivity index (χ0n) is 9.62. The summed E-state index contributed by atoms with van der Waals surface area (Å²) in [6.45, 7) is 0.343. The molecule has 2 N–H and O–H groups in total. The summed E-state index contributed by atoms with van der Waals surface area (Å²) in [5, 5.41) is 8.16. The van der Waals surface area contributed by atoms with Crippen LogP contribution in [0.25, 0.3) is 0 Å². The van der Waals surface area contributed by atoms with E-state index in [0.29, 0.717) is 22.5 Å². The minimum atomic E-state index is -0.362. The molecule has 6 nitrogen and oxygen atoms in total.